The number of nitrogens with zero attached hydrogens (tertiary/aromatic N) is 2. The molecule has 2 atom stereocenters. The predicted octanol–water partition coefficient (Wildman–Crippen LogP) is 3.51. The quantitative estimate of drug-likeness (QED) is 0.516. The van der Waals surface area contributed by atoms with E-state index in [1.807, 2.05) is 4.90 Å². The summed E-state index contributed by atoms with van der Waals surface area (Å²) >= 11 is 2.13. The third kappa shape index (κ3) is 3.93. The smallest absolute Gasteiger partial charge is 0.295 e. The van der Waals surface area contributed by atoms with Gasteiger partial charge >= 0.3 is 0 Å². The standard InChI is InChI=1S/C19H23IN2O3/c20-17-11-22-10-16(25-19(22)21-18(17)23)12-24-15-8-6-14(7-9-15)13-4-2-1-3-5-13/h6-9,13,16-17H,1-5,10-12H2/t16-,17-/m0/s1. The van der Waals surface area contributed by atoms with Crippen molar-refractivity contribution in [1.29, 1.82) is 0 Å². The van der Waals surface area contributed by atoms with Crippen LogP contribution in [0, 0.1) is 0 Å². The fraction of sp³-hybridized carbons (Fsp3) is 0.579. The summed E-state index contributed by atoms with van der Waals surface area (Å²) in [7, 11) is 0. The number of amides is 1. The summed E-state index contributed by atoms with van der Waals surface area (Å²) in [5, 5.41) is 0. The Morgan fingerprint density at radius 1 is 1.16 bits per heavy atom. The van der Waals surface area contributed by atoms with Crippen molar-refractivity contribution in [2.24, 2.45) is 4.99 Å². The topological polar surface area (TPSA) is 51.1 Å². The number of benzene rings is 1. The highest BCUT2D eigenvalue weighted by Crippen LogP contribution is 2.33. The molecule has 0 N–H and O–H groups in total. The third-order valence-corrected chi connectivity index (χ3v) is 6.14. The van der Waals surface area contributed by atoms with Crippen molar-refractivity contribution in [3.63, 3.8) is 0 Å². The number of carbonyl (C=O) groups excluding carboxylic acids is 1. The van der Waals surface area contributed by atoms with E-state index in [4.69, 9.17) is 9.47 Å². The molecule has 25 heavy (non-hydrogen) atoms. The molecular formula is C19H23IN2O3. The second-order valence-corrected chi connectivity index (χ2v) is 8.56. The number of carbonyl (C=O) groups is 1. The molecule has 3 aliphatic rings. The number of ether oxygens (including phenoxy) is 2. The number of aliphatic imine (C=N–C) groups is 1. The lowest BCUT2D eigenvalue weighted by atomic mass is 9.84. The normalized spacial score (nSPS) is 26.8. The van der Waals surface area contributed by atoms with Crippen LogP contribution >= 0.6 is 22.6 Å². The number of alkyl halides is 1. The van der Waals surface area contributed by atoms with E-state index in [0.29, 0.717) is 25.1 Å². The van der Waals surface area contributed by atoms with Crippen LogP contribution in [0.25, 0.3) is 0 Å². The number of hydrogen-bond donors (Lipinski definition) is 0. The van der Waals surface area contributed by atoms with Gasteiger partial charge in [0.1, 0.15) is 16.3 Å². The fourth-order valence-corrected chi connectivity index (χ4v) is 4.43. The molecule has 1 aromatic rings. The van der Waals surface area contributed by atoms with E-state index < -0.39 is 0 Å². The van der Waals surface area contributed by atoms with Crippen molar-refractivity contribution in [2.75, 3.05) is 19.7 Å². The molecule has 1 amide bonds. The molecule has 1 aromatic carbocycles. The molecule has 134 valence electrons. The Morgan fingerprint density at radius 3 is 2.68 bits per heavy atom. The van der Waals surface area contributed by atoms with Crippen LogP contribution in [0.15, 0.2) is 29.3 Å². The summed E-state index contributed by atoms with van der Waals surface area (Å²) in [6.45, 7) is 1.87. The summed E-state index contributed by atoms with van der Waals surface area (Å²) in [6, 6.07) is 8.99. The van der Waals surface area contributed by atoms with Gasteiger partial charge < -0.3 is 14.4 Å². The first-order valence-corrected chi connectivity index (χ1v) is 10.3. The zero-order valence-corrected chi connectivity index (χ0v) is 16.4. The van der Waals surface area contributed by atoms with E-state index in [2.05, 4.69) is 51.8 Å². The highest BCUT2D eigenvalue weighted by molar-refractivity contribution is 14.1. The van der Waals surface area contributed by atoms with Gasteiger partial charge in [-0.3, -0.25) is 4.79 Å². The number of rotatable bonds is 4. The van der Waals surface area contributed by atoms with Crippen LogP contribution in [0.1, 0.15) is 43.6 Å². The Bertz CT molecular complexity index is 655. The first-order chi connectivity index (χ1) is 12.2. The van der Waals surface area contributed by atoms with E-state index in [9.17, 15) is 4.79 Å². The van der Waals surface area contributed by atoms with Gasteiger partial charge in [0, 0.05) is 6.54 Å². The van der Waals surface area contributed by atoms with Crippen molar-refractivity contribution in [3.8, 4) is 5.75 Å². The molecule has 2 heterocycles. The van der Waals surface area contributed by atoms with Gasteiger partial charge in [-0.05, 0) is 36.5 Å². The predicted molar refractivity (Wildman–Crippen MR) is 104 cm³/mol. The molecule has 2 fully saturated rings. The van der Waals surface area contributed by atoms with E-state index in [1.54, 1.807) is 0 Å². The van der Waals surface area contributed by atoms with Gasteiger partial charge in [-0.15, -0.1) is 0 Å². The van der Waals surface area contributed by atoms with Gasteiger partial charge in [0.05, 0.1) is 6.54 Å². The highest BCUT2D eigenvalue weighted by atomic mass is 127. The van der Waals surface area contributed by atoms with Gasteiger partial charge in [-0.1, -0.05) is 54.0 Å². The van der Waals surface area contributed by atoms with E-state index in [-0.39, 0.29) is 15.9 Å². The first kappa shape index (κ1) is 17.1. The summed E-state index contributed by atoms with van der Waals surface area (Å²) in [5.41, 5.74) is 1.43. The van der Waals surface area contributed by atoms with E-state index in [1.165, 1.54) is 37.7 Å². The second kappa shape index (κ2) is 7.51. The molecule has 0 bridgehead atoms. The molecule has 0 spiro atoms. The lowest BCUT2D eigenvalue weighted by molar-refractivity contribution is -0.117. The number of halogens is 1. The van der Waals surface area contributed by atoms with Crippen molar-refractivity contribution >= 4 is 34.5 Å². The maximum atomic E-state index is 11.7. The van der Waals surface area contributed by atoms with Crippen LogP contribution in [-0.4, -0.2) is 46.6 Å². The Kier molecular flexibility index (Phi) is 5.15. The average molecular weight is 454 g/mol. The van der Waals surface area contributed by atoms with Gasteiger partial charge in [0.2, 0.25) is 0 Å². The van der Waals surface area contributed by atoms with Gasteiger partial charge in [0.15, 0.2) is 6.10 Å². The van der Waals surface area contributed by atoms with Crippen molar-refractivity contribution in [3.05, 3.63) is 29.8 Å². The average Bonchev–Trinajstić information content (AvgIpc) is 3.03. The molecule has 0 radical (unpaired) electrons. The third-order valence-electron chi connectivity index (χ3n) is 5.21. The minimum absolute atomic E-state index is 0.0775. The van der Waals surface area contributed by atoms with E-state index >= 15 is 0 Å². The van der Waals surface area contributed by atoms with Crippen LogP contribution in [-0.2, 0) is 9.53 Å². The van der Waals surface area contributed by atoms with E-state index in [0.717, 1.165) is 12.3 Å². The van der Waals surface area contributed by atoms with Crippen LogP contribution < -0.4 is 4.74 Å². The molecule has 2 aliphatic heterocycles. The first-order valence-electron chi connectivity index (χ1n) is 9.10. The maximum Gasteiger partial charge on any atom is 0.295 e. The van der Waals surface area contributed by atoms with Crippen molar-refractivity contribution in [1.82, 2.24) is 4.90 Å². The maximum absolute atomic E-state index is 11.7. The minimum Gasteiger partial charge on any atom is -0.490 e. The van der Waals surface area contributed by atoms with Crippen molar-refractivity contribution < 1.29 is 14.3 Å². The molecule has 0 aromatic heterocycles. The highest BCUT2D eigenvalue weighted by Gasteiger charge is 2.37. The lowest BCUT2D eigenvalue weighted by Crippen LogP contribution is -2.40. The Hall–Kier alpha value is -1.31. The molecule has 0 unspecified atom stereocenters. The lowest BCUT2D eigenvalue weighted by Gasteiger charge is -2.22. The summed E-state index contributed by atoms with van der Waals surface area (Å²) in [5.74, 6) is 1.48. The van der Waals surface area contributed by atoms with Crippen LogP contribution in [0.2, 0.25) is 0 Å². The Labute approximate surface area is 161 Å². The molecule has 1 saturated carbocycles. The van der Waals surface area contributed by atoms with Gasteiger partial charge in [0.25, 0.3) is 11.9 Å². The van der Waals surface area contributed by atoms with Gasteiger partial charge in [-0.2, -0.15) is 4.99 Å². The van der Waals surface area contributed by atoms with Crippen LogP contribution in [0.4, 0.5) is 0 Å². The number of fused-ring (bicyclic) bond motifs is 1. The molecule has 1 saturated heterocycles. The second-order valence-electron chi connectivity index (χ2n) is 7.06. The largest absolute Gasteiger partial charge is 0.490 e. The molecule has 5 nitrogen and oxygen atoms in total. The molecular weight excluding hydrogens is 431 g/mol. The van der Waals surface area contributed by atoms with Crippen LogP contribution in [0.3, 0.4) is 0 Å². The number of hydrogen-bond acceptors (Lipinski definition) is 4. The summed E-state index contributed by atoms with van der Waals surface area (Å²) in [6.07, 6.45) is 6.62. The number of amidine groups is 1. The molecule has 4 rings (SSSR count). The molecule has 1 aliphatic carbocycles. The SMILES string of the molecule is O=C1N=C2O[C@H](COc3ccc(C4CCCCC4)cc3)CN2C[C@@H]1I. The zero-order chi connectivity index (χ0) is 17.2. The monoisotopic (exact) mass is 454 g/mol. The Balaban J connectivity index is 1.30. The summed E-state index contributed by atoms with van der Waals surface area (Å²) < 4.78 is 11.6. The zero-order valence-electron chi connectivity index (χ0n) is 14.2. The van der Waals surface area contributed by atoms with Crippen LogP contribution in [0.5, 0.6) is 5.75 Å². The fourth-order valence-electron chi connectivity index (χ4n) is 3.82. The minimum atomic E-state index is -0.105. The molecule has 6 heteroatoms. The Morgan fingerprint density at radius 2 is 1.92 bits per heavy atom. The van der Waals surface area contributed by atoms with Gasteiger partial charge in [-0.25, -0.2) is 0 Å². The summed E-state index contributed by atoms with van der Waals surface area (Å²) in [4.78, 5) is 17.7. The van der Waals surface area contributed by atoms with Crippen molar-refractivity contribution in [2.45, 2.75) is 48.1 Å².